The highest BCUT2D eigenvalue weighted by atomic mass is 16.5. The number of hydrogen-bond acceptors (Lipinski definition) is 4. The summed E-state index contributed by atoms with van der Waals surface area (Å²) in [5.41, 5.74) is 0.780. The molecular formula is C20H27N3O4. The van der Waals surface area contributed by atoms with E-state index in [9.17, 15) is 14.4 Å². The van der Waals surface area contributed by atoms with Crippen molar-refractivity contribution in [3.8, 4) is 5.75 Å². The number of benzene rings is 1. The largest absolute Gasteiger partial charge is 0.497 e. The average Bonchev–Trinajstić information content (AvgIpc) is 3.07. The maximum absolute atomic E-state index is 12.6. The summed E-state index contributed by atoms with van der Waals surface area (Å²) in [6.07, 6.45) is 2.16. The fourth-order valence-corrected chi connectivity index (χ4v) is 3.77. The van der Waals surface area contributed by atoms with Crippen LogP contribution in [-0.2, 0) is 14.4 Å². The molecule has 0 saturated carbocycles. The Bertz CT molecular complexity index is 713. The Kier molecular flexibility index (Phi) is 5.98. The second-order valence-electron chi connectivity index (χ2n) is 7.12. The number of rotatable bonds is 5. The number of amides is 3. The van der Waals surface area contributed by atoms with Crippen LogP contribution in [0.25, 0.3) is 0 Å². The molecule has 3 amide bonds. The van der Waals surface area contributed by atoms with Crippen LogP contribution in [0.1, 0.15) is 32.6 Å². The van der Waals surface area contributed by atoms with Crippen molar-refractivity contribution in [3.63, 3.8) is 0 Å². The molecule has 2 aliphatic heterocycles. The van der Waals surface area contributed by atoms with Crippen molar-refractivity contribution < 1.29 is 19.1 Å². The molecule has 146 valence electrons. The zero-order chi connectivity index (χ0) is 19.4. The lowest BCUT2D eigenvalue weighted by Crippen LogP contribution is -2.45. The van der Waals surface area contributed by atoms with Crippen LogP contribution in [-0.4, -0.2) is 55.4 Å². The molecule has 1 unspecified atom stereocenters. The quantitative estimate of drug-likeness (QED) is 0.850. The normalized spacial score (nSPS) is 20.7. The van der Waals surface area contributed by atoms with Gasteiger partial charge in [0.1, 0.15) is 5.75 Å². The Balaban J connectivity index is 1.54. The van der Waals surface area contributed by atoms with Gasteiger partial charge in [0.05, 0.1) is 13.2 Å². The van der Waals surface area contributed by atoms with Crippen molar-refractivity contribution in [2.24, 2.45) is 5.92 Å². The minimum absolute atomic E-state index is 0.00286. The van der Waals surface area contributed by atoms with Crippen molar-refractivity contribution in [2.45, 2.75) is 38.6 Å². The molecule has 2 aliphatic rings. The Morgan fingerprint density at radius 2 is 2.00 bits per heavy atom. The summed E-state index contributed by atoms with van der Waals surface area (Å²) in [5, 5.41) is 3.03. The first-order chi connectivity index (χ1) is 13.0. The Labute approximate surface area is 159 Å². The minimum Gasteiger partial charge on any atom is -0.497 e. The van der Waals surface area contributed by atoms with E-state index in [4.69, 9.17) is 4.74 Å². The summed E-state index contributed by atoms with van der Waals surface area (Å²) in [7, 11) is 1.59. The van der Waals surface area contributed by atoms with Crippen LogP contribution in [0.4, 0.5) is 5.69 Å². The van der Waals surface area contributed by atoms with Crippen LogP contribution in [0.3, 0.4) is 0 Å². The Hall–Kier alpha value is -2.57. The molecule has 2 saturated heterocycles. The molecule has 0 bridgehead atoms. The monoisotopic (exact) mass is 373 g/mol. The number of piperidine rings is 1. The van der Waals surface area contributed by atoms with Crippen molar-refractivity contribution in [3.05, 3.63) is 24.3 Å². The predicted octanol–water partition coefficient (Wildman–Crippen LogP) is 1.57. The third-order valence-electron chi connectivity index (χ3n) is 5.36. The van der Waals surface area contributed by atoms with Crippen molar-refractivity contribution >= 4 is 23.4 Å². The van der Waals surface area contributed by atoms with Gasteiger partial charge in [0.2, 0.25) is 17.7 Å². The first kappa shape index (κ1) is 19.2. The van der Waals surface area contributed by atoms with E-state index < -0.39 is 0 Å². The van der Waals surface area contributed by atoms with Crippen LogP contribution in [0.15, 0.2) is 24.3 Å². The molecule has 7 nitrogen and oxygen atoms in total. The van der Waals surface area contributed by atoms with E-state index in [1.807, 2.05) is 36.1 Å². The summed E-state index contributed by atoms with van der Waals surface area (Å²) >= 11 is 0. The lowest BCUT2D eigenvalue weighted by molar-refractivity contribution is -0.135. The maximum atomic E-state index is 12.6. The molecular weight excluding hydrogens is 346 g/mol. The van der Waals surface area contributed by atoms with Gasteiger partial charge in [0, 0.05) is 50.1 Å². The van der Waals surface area contributed by atoms with E-state index in [0.29, 0.717) is 51.1 Å². The van der Waals surface area contributed by atoms with Crippen LogP contribution < -0.4 is 15.0 Å². The van der Waals surface area contributed by atoms with Crippen LogP contribution >= 0.6 is 0 Å². The topological polar surface area (TPSA) is 79.0 Å². The van der Waals surface area contributed by atoms with Gasteiger partial charge in [-0.3, -0.25) is 14.4 Å². The van der Waals surface area contributed by atoms with E-state index in [1.54, 1.807) is 12.0 Å². The van der Waals surface area contributed by atoms with Gasteiger partial charge >= 0.3 is 0 Å². The second-order valence-corrected chi connectivity index (χ2v) is 7.12. The lowest BCUT2D eigenvalue weighted by atomic mass is 9.95. The minimum atomic E-state index is -0.188. The fraction of sp³-hybridized carbons (Fsp3) is 0.550. The van der Waals surface area contributed by atoms with Gasteiger partial charge in [-0.15, -0.1) is 0 Å². The van der Waals surface area contributed by atoms with E-state index in [1.165, 1.54) is 0 Å². The first-order valence-corrected chi connectivity index (χ1v) is 9.54. The molecule has 0 radical (unpaired) electrons. The van der Waals surface area contributed by atoms with Crippen LogP contribution in [0.5, 0.6) is 5.75 Å². The molecule has 1 atom stereocenters. The summed E-state index contributed by atoms with van der Waals surface area (Å²) in [5.74, 6) is 0.734. The molecule has 27 heavy (non-hydrogen) atoms. The van der Waals surface area contributed by atoms with Gasteiger partial charge in [0.15, 0.2) is 0 Å². The number of anilines is 1. The number of nitrogens with zero attached hydrogens (tertiary/aromatic N) is 2. The van der Waals surface area contributed by atoms with Gasteiger partial charge in [-0.2, -0.15) is 0 Å². The van der Waals surface area contributed by atoms with Crippen LogP contribution in [0, 0.1) is 5.92 Å². The Morgan fingerprint density at radius 3 is 2.67 bits per heavy atom. The standard InChI is InChI=1S/C20H27N3O4/c1-3-18(24)22-9-7-14(8-10-22)20(26)21-15-11-19(25)23(13-15)16-5-4-6-17(12-16)27-2/h4-6,12,14-15H,3,7-11,13H2,1-2H3,(H,21,26). The van der Waals surface area contributed by atoms with Gasteiger partial charge in [-0.1, -0.05) is 13.0 Å². The highest BCUT2D eigenvalue weighted by molar-refractivity contribution is 5.97. The highest BCUT2D eigenvalue weighted by Crippen LogP contribution is 2.26. The maximum Gasteiger partial charge on any atom is 0.229 e. The molecule has 0 spiro atoms. The van der Waals surface area contributed by atoms with E-state index in [-0.39, 0.29) is 29.7 Å². The van der Waals surface area contributed by atoms with Crippen LogP contribution in [0.2, 0.25) is 0 Å². The molecule has 2 heterocycles. The van der Waals surface area contributed by atoms with E-state index >= 15 is 0 Å². The van der Waals surface area contributed by atoms with Crippen molar-refractivity contribution in [1.29, 1.82) is 0 Å². The van der Waals surface area contributed by atoms with Gasteiger partial charge in [0.25, 0.3) is 0 Å². The first-order valence-electron chi connectivity index (χ1n) is 9.54. The van der Waals surface area contributed by atoms with E-state index in [0.717, 1.165) is 5.69 Å². The summed E-state index contributed by atoms with van der Waals surface area (Å²) < 4.78 is 5.22. The van der Waals surface area contributed by atoms with Gasteiger partial charge < -0.3 is 19.9 Å². The zero-order valence-corrected chi connectivity index (χ0v) is 15.9. The summed E-state index contributed by atoms with van der Waals surface area (Å²) in [6, 6.07) is 7.18. The zero-order valence-electron chi connectivity index (χ0n) is 15.9. The molecule has 3 rings (SSSR count). The highest BCUT2D eigenvalue weighted by Gasteiger charge is 2.34. The third kappa shape index (κ3) is 4.40. The predicted molar refractivity (Wildman–Crippen MR) is 101 cm³/mol. The Morgan fingerprint density at radius 1 is 1.26 bits per heavy atom. The molecule has 0 aromatic heterocycles. The number of hydrogen-bond donors (Lipinski definition) is 1. The van der Waals surface area contributed by atoms with Crippen molar-refractivity contribution in [2.75, 3.05) is 31.6 Å². The smallest absolute Gasteiger partial charge is 0.229 e. The number of carbonyl (C=O) groups is 3. The molecule has 1 N–H and O–H groups in total. The second kappa shape index (κ2) is 8.41. The van der Waals surface area contributed by atoms with E-state index in [2.05, 4.69) is 5.32 Å². The SMILES string of the molecule is CCC(=O)N1CCC(C(=O)NC2CC(=O)N(c3cccc(OC)c3)C2)CC1. The summed E-state index contributed by atoms with van der Waals surface area (Å²) in [4.78, 5) is 40.2. The van der Waals surface area contributed by atoms with Gasteiger partial charge in [-0.05, 0) is 25.0 Å². The number of nitrogens with one attached hydrogen (secondary N) is 1. The summed E-state index contributed by atoms with van der Waals surface area (Å²) in [6.45, 7) is 3.58. The lowest BCUT2D eigenvalue weighted by Gasteiger charge is -2.31. The number of carbonyl (C=O) groups excluding carboxylic acids is 3. The van der Waals surface area contributed by atoms with Crippen molar-refractivity contribution in [1.82, 2.24) is 10.2 Å². The number of ether oxygens (including phenoxy) is 1. The number of methoxy groups -OCH3 is 1. The molecule has 7 heteroatoms. The average molecular weight is 373 g/mol. The molecule has 1 aromatic carbocycles. The third-order valence-corrected chi connectivity index (χ3v) is 5.36. The fourth-order valence-electron chi connectivity index (χ4n) is 3.77. The molecule has 1 aromatic rings. The number of likely N-dealkylation sites (tertiary alicyclic amines) is 1. The molecule has 0 aliphatic carbocycles. The molecule has 2 fully saturated rings. The van der Waals surface area contributed by atoms with Gasteiger partial charge in [-0.25, -0.2) is 0 Å².